The number of nitrogens with zero attached hydrogens (tertiary/aromatic N) is 3. The van der Waals surface area contributed by atoms with Crippen LogP contribution in [0.2, 0.25) is 0 Å². The Labute approximate surface area is 176 Å². The van der Waals surface area contributed by atoms with Gasteiger partial charge in [-0.25, -0.2) is 4.68 Å². The Balaban J connectivity index is 1.62. The molecule has 0 aliphatic carbocycles. The van der Waals surface area contributed by atoms with E-state index in [1.165, 1.54) is 11.8 Å². The number of carbonyl (C=O) groups is 1. The first-order chi connectivity index (χ1) is 14.0. The van der Waals surface area contributed by atoms with Gasteiger partial charge in [0, 0.05) is 29.7 Å². The summed E-state index contributed by atoms with van der Waals surface area (Å²) in [7, 11) is 1.85. The second-order valence-electron chi connectivity index (χ2n) is 6.84. The first-order valence-corrected chi connectivity index (χ1v) is 10.7. The standard InChI is InChI=1S/C23H27N3O2S/c1-5-28-20-11-13-21(14-12-20)29-16-23(27)25(4)15-22-17(2)24-26(18(22)3)19-9-7-6-8-10-19/h6-14H,5,15-16H2,1-4H3. The van der Waals surface area contributed by atoms with Crippen LogP contribution in [0.25, 0.3) is 5.69 Å². The number of amides is 1. The third-order valence-electron chi connectivity index (χ3n) is 4.76. The third-order valence-corrected chi connectivity index (χ3v) is 5.76. The Kier molecular flexibility index (Phi) is 6.99. The monoisotopic (exact) mass is 409 g/mol. The SMILES string of the molecule is CCOc1ccc(SCC(=O)N(C)Cc2c(C)nn(-c3ccccc3)c2C)cc1. The Hall–Kier alpha value is -2.73. The van der Waals surface area contributed by atoms with E-state index in [0.29, 0.717) is 18.9 Å². The molecule has 0 unspecified atom stereocenters. The highest BCUT2D eigenvalue weighted by atomic mass is 32.2. The minimum Gasteiger partial charge on any atom is -0.494 e. The molecule has 0 fully saturated rings. The lowest BCUT2D eigenvalue weighted by Gasteiger charge is -2.17. The number of aromatic nitrogens is 2. The number of thioether (sulfide) groups is 1. The van der Waals surface area contributed by atoms with Gasteiger partial charge < -0.3 is 9.64 Å². The van der Waals surface area contributed by atoms with E-state index in [9.17, 15) is 4.79 Å². The van der Waals surface area contributed by atoms with Gasteiger partial charge >= 0.3 is 0 Å². The van der Waals surface area contributed by atoms with Crippen LogP contribution < -0.4 is 4.74 Å². The summed E-state index contributed by atoms with van der Waals surface area (Å²) in [6.45, 7) is 7.21. The van der Waals surface area contributed by atoms with Crippen molar-refractivity contribution in [3.05, 3.63) is 71.5 Å². The quantitative estimate of drug-likeness (QED) is 0.509. The molecule has 0 bridgehead atoms. The van der Waals surface area contributed by atoms with Gasteiger partial charge in [0.15, 0.2) is 0 Å². The minimum absolute atomic E-state index is 0.0927. The molecule has 0 aliphatic heterocycles. The fourth-order valence-corrected chi connectivity index (χ4v) is 3.94. The van der Waals surface area contributed by atoms with Crippen molar-refractivity contribution in [2.24, 2.45) is 0 Å². The Morgan fingerprint density at radius 3 is 2.45 bits per heavy atom. The number of benzene rings is 2. The summed E-state index contributed by atoms with van der Waals surface area (Å²) >= 11 is 1.54. The molecule has 0 saturated heterocycles. The van der Waals surface area contributed by atoms with E-state index in [4.69, 9.17) is 4.74 Å². The molecule has 1 aromatic heterocycles. The van der Waals surface area contributed by atoms with Crippen LogP contribution in [0, 0.1) is 13.8 Å². The second kappa shape index (κ2) is 9.65. The number of hydrogen-bond donors (Lipinski definition) is 0. The molecular weight excluding hydrogens is 382 g/mol. The van der Waals surface area contributed by atoms with Crippen LogP contribution >= 0.6 is 11.8 Å². The lowest BCUT2D eigenvalue weighted by molar-refractivity contribution is -0.127. The Morgan fingerprint density at radius 2 is 1.79 bits per heavy atom. The predicted octanol–water partition coefficient (Wildman–Crippen LogP) is 4.64. The van der Waals surface area contributed by atoms with Crippen LogP contribution in [0.15, 0.2) is 59.5 Å². The van der Waals surface area contributed by atoms with Gasteiger partial charge in [-0.15, -0.1) is 11.8 Å². The van der Waals surface area contributed by atoms with Crippen molar-refractivity contribution in [2.75, 3.05) is 19.4 Å². The fourth-order valence-electron chi connectivity index (χ4n) is 3.10. The molecule has 2 aromatic carbocycles. The highest BCUT2D eigenvalue weighted by Crippen LogP contribution is 2.23. The molecule has 1 amide bonds. The molecule has 0 aliphatic rings. The zero-order valence-electron chi connectivity index (χ0n) is 17.4. The maximum absolute atomic E-state index is 12.6. The van der Waals surface area contributed by atoms with Gasteiger partial charge in [0.1, 0.15) is 5.75 Å². The van der Waals surface area contributed by atoms with Crippen LogP contribution in [0.4, 0.5) is 0 Å². The molecule has 0 N–H and O–H groups in total. The summed E-state index contributed by atoms with van der Waals surface area (Å²) in [5.41, 5.74) is 4.13. The number of carbonyl (C=O) groups excluding carboxylic acids is 1. The summed E-state index contributed by atoms with van der Waals surface area (Å²) in [5, 5.41) is 4.67. The number of para-hydroxylation sites is 1. The fraction of sp³-hybridized carbons (Fsp3) is 0.304. The van der Waals surface area contributed by atoms with Crippen molar-refractivity contribution in [1.82, 2.24) is 14.7 Å². The summed E-state index contributed by atoms with van der Waals surface area (Å²) < 4.78 is 7.40. The molecule has 152 valence electrons. The van der Waals surface area contributed by atoms with Crippen LogP contribution in [0.5, 0.6) is 5.75 Å². The zero-order chi connectivity index (χ0) is 20.8. The van der Waals surface area contributed by atoms with E-state index in [0.717, 1.165) is 33.3 Å². The number of rotatable bonds is 8. The lowest BCUT2D eigenvalue weighted by atomic mass is 10.2. The van der Waals surface area contributed by atoms with E-state index >= 15 is 0 Å². The number of aryl methyl sites for hydroxylation is 1. The van der Waals surface area contributed by atoms with Crippen molar-refractivity contribution < 1.29 is 9.53 Å². The van der Waals surface area contributed by atoms with Crippen molar-refractivity contribution in [3.8, 4) is 11.4 Å². The predicted molar refractivity (Wildman–Crippen MR) is 118 cm³/mol. The van der Waals surface area contributed by atoms with Crippen molar-refractivity contribution in [1.29, 1.82) is 0 Å². The largest absolute Gasteiger partial charge is 0.494 e. The molecular formula is C23H27N3O2S. The van der Waals surface area contributed by atoms with E-state index in [1.54, 1.807) is 4.90 Å². The molecule has 3 rings (SSSR count). The summed E-state index contributed by atoms with van der Waals surface area (Å²) in [5.74, 6) is 1.34. The lowest BCUT2D eigenvalue weighted by Crippen LogP contribution is -2.28. The molecule has 0 radical (unpaired) electrons. The zero-order valence-corrected chi connectivity index (χ0v) is 18.2. The molecule has 0 saturated carbocycles. The van der Waals surface area contributed by atoms with Gasteiger partial charge in [-0.05, 0) is 57.2 Å². The third kappa shape index (κ3) is 5.21. The summed E-state index contributed by atoms with van der Waals surface area (Å²) in [6, 6.07) is 17.9. The number of ether oxygens (including phenoxy) is 1. The van der Waals surface area contributed by atoms with E-state index in [-0.39, 0.29) is 5.91 Å². The van der Waals surface area contributed by atoms with Crippen LogP contribution in [0.1, 0.15) is 23.9 Å². The first kappa shape index (κ1) is 21.0. The molecule has 6 heteroatoms. The topological polar surface area (TPSA) is 47.4 Å². The average Bonchev–Trinajstić information content (AvgIpc) is 3.02. The van der Waals surface area contributed by atoms with Gasteiger partial charge in [-0.1, -0.05) is 18.2 Å². The van der Waals surface area contributed by atoms with E-state index < -0.39 is 0 Å². The molecule has 0 atom stereocenters. The Morgan fingerprint density at radius 1 is 1.10 bits per heavy atom. The van der Waals surface area contributed by atoms with Crippen molar-refractivity contribution >= 4 is 17.7 Å². The molecule has 0 spiro atoms. The van der Waals surface area contributed by atoms with Gasteiger partial charge in [-0.3, -0.25) is 4.79 Å². The summed E-state index contributed by atoms with van der Waals surface area (Å²) in [4.78, 5) is 15.5. The summed E-state index contributed by atoms with van der Waals surface area (Å²) in [6.07, 6.45) is 0. The molecule has 5 nitrogen and oxygen atoms in total. The molecule has 3 aromatic rings. The van der Waals surface area contributed by atoms with E-state index in [1.807, 2.05) is 80.2 Å². The van der Waals surface area contributed by atoms with Crippen molar-refractivity contribution in [3.63, 3.8) is 0 Å². The average molecular weight is 410 g/mol. The molecule has 29 heavy (non-hydrogen) atoms. The maximum Gasteiger partial charge on any atom is 0.232 e. The number of hydrogen-bond acceptors (Lipinski definition) is 4. The van der Waals surface area contributed by atoms with Crippen LogP contribution in [-0.2, 0) is 11.3 Å². The normalized spacial score (nSPS) is 10.8. The van der Waals surface area contributed by atoms with Crippen molar-refractivity contribution in [2.45, 2.75) is 32.2 Å². The second-order valence-corrected chi connectivity index (χ2v) is 7.89. The Bertz CT molecular complexity index is 952. The van der Waals surface area contributed by atoms with Crippen LogP contribution in [0.3, 0.4) is 0 Å². The first-order valence-electron chi connectivity index (χ1n) is 9.69. The minimum atomic E-state index is 0.0927. The highest BCUT2D eigenvalue weighted by Gasteiger charge is 2.17. The maximum atomic E-state index is 12.6. The molecule has 1 heterocycles. The van der Waals surface area contributed by atoms with Gasteiger partial charge in [-0.2, -0.15) is 5.10 Å². The highest BCUT2D eigenvalue weighted by molar-refractivity contribution is 8.00. The van der Waals surface area contributed by atoms with Gasteiger partial charge in [0.25, 0.3) is 0 Å². The smallest absolute Gasteiger partial charge is 0.232 e. The van der Waals surface area contributed by atoms with E-state index in [2.05, 4.69) is 12.0 Å². The van der Waals surface area contributed by atoms with Gasteiger partial charge in [0.2, 0.25) is 5.91 Å². The van der Waals surface area contributed by atoms with Gasteiger partial charge in [0.05, 0.1) is 23.7 Å². The van der Waals surface area contributed by atoms with Crippen LogP contribution in [-0.4, -0.2) is 40.0 Å².